The quantitative estimate of drug-likeness (QED) is 0.668. The van der Waals surface area contributed by atoms with Gasteiger partial charge in [0.05, 0.1) is 23.0 Å². The summed E-state index contributed by atoms with van der Waals surface area (Å²) in [4.78, 5) is 1.81. The van der Waals surface area contributed by atoms with Gasteiger partial charge in [0.2, 0.25) is 0 Å². The Hall–Kier alpha value is 0.140. The van der Waals surface area contributed by atoms with Crippen molar-refractivity contribution >= 4 is 48.0 Å². The first-order valence-corrected chi connectivity index (χ1v) is 11.0. The van der Waals surface area contributed by atoms with E-state index in [1.807, 2.05) is 4.90 Å². The number of thioether (sulfide) groups is 1. The third-order valence-electron chi connectivity index (χ3n) is 3.50. The Bertz CT molecular complexity index is 568. The minimum Gasteiger partial charge on any atom is -0.357 e. The average Bonchev–Trinajstić information content (AvgIpc) is 2.80. The summed E-state index contributed by atoms with van der Waals surface area (Å²) in [5, 5.41) is 0.0120. The predicted octanol–water partition coefficient (Wildman–Crippen LogP) is 0.310. The van der Waals surface area contributed by atoms with E-state index in [1.165, 1.54) is 11.8 Å². The van der Waals surface area contributed by atoms with Gasteiger partial charge in [0.1, 0.15) is 4.32 Å². The molecule has 2 fully saturated rings. The topological polar surface area (TPSA) is 71.5 Å². The van der Waals surface area contributed by atoms with Crippen molar-refractivity contribution in [3.8, 4) is 0 Å². The SMILES string of the molecule is CN(C(=S)S[C@H]1CCS(=O)(=O)C1)[C@H]1CCS(=O)(=O)C1. The van der Waals surface area contributed by atoms with Gasteiger partial charge in [0.15, 0.2) is 19.7 Å². The number of hydrogen-bond donors (Lipinski definition) is 0. The number of thiocarbonyl (C=S) groups is 1. The van der Waals surface area contributed by atoms with Crippen LogP contribution in [-0.2, 0) is 19.7 Å². The van der Waals surface area contributed by atoms with Crippen LogP contribution in [0.5, 0.6) is 0 Å². The Kier molecular flexibility index (Phi) is 4.49. The molecular weight excluding hydrogens is 326 g/mol. The van der Waals surface area contributed by atoms with Crippen molar-refractivity contribution in [2.45, 2.75) is 24.1 Å². The first kappa shape index (κ1) is 15.5. The Balaban J connectivity index is 1.90. The van der Waals surface area contributed by atoms with Crippen LogP contribution in [0.4, 0.5) is 0 Å². The van der Waals surface area contributed by atoms with Gasteiger partial charge in [-0.1, -0.05) is 24.0 Å². The molecule has 0 radical (unpaired) electrons. The molecule has 5 nitrogen and oxygen atoms in total. The number of nitrogens with zero attached hydrogens (tertiary/aromatic N) is 1. The second-order valence-corrected chi connectivity index (χ2v) is 11.5. The molecule has 0 unspecified atom stereocenters. The lowest BCUT2D eigenvalue weighted by atomic mass is 10.2. The lowest BCUT2D eigenvalue weighted by molar-refractivity contribution is 0.409. The zero-order chi connectivity index (χ0) is 14.3. The normalized spacial score (nSPS) is 32.3. The van der Waals surface area contributed by atoms with E-state index >= 15 is 0 Å². The zero-order valence-corrected chi connectivity index (χ0v) is 13.9. The largest absolute Gasteiger partial charge is 0.357 e. The molecule has 0 aliphatic carbocycles. The van der Waals surface area contributed by atoms with Crippen molar-refractivity contribution in [2.24, 2.45) is 0 Å². The zero-order valence-electron chi connectivity index (χ0n) is 10.6. The molecule has 19 heavy (non-hydrogen) atoms. The van der Waals surface area contributed by atoms with Crippen LogP contribution in [0.15, 0.2) is 0 Å². The van der Waals surface area contributed by atoms with Crippen molar-refractivity contribution in [3.63, 3.8) is 0 Å². The highest BCUT2D eigenvalue weighted by Gasteiger charge is 2.34. The minimum atomic E-state index is -2.93. The van der Waals surface area contributed by atoms with Crippen LogP contribution in [0.3, 0.4) is 0 Å². The molecule has 0 bridgehead atoms. The van der Waals surface area contributed by atoms with E-state index < -0.39 is 19.7 Å². The van der Waals surface area contributed by atoms with Crippen LogP contribution in [0.1, 0.15) is 12.8 Å². The van der Waals surface area contributed by atoms with Gasteiger partial charge < -0.3 is 4.90 Å². The minimum absolute atomic E-state index is 0.0120. The molecular formula is C10H17NO4S4. The van der Waals surface area contributed by atoms with E-state index in [-0.39, 0.29) is 34.3 Å². The fraction of sp³-hybridized carbons (Fsp3) is 0.900. The second kappa shape index (κ2) is 5.50. The summed E-state index contributed by atoms with van der Waals surface area (Å²) in [6.45, 7) is 0. The molecule has 0 N–H and O–H groups in total. The monoisotopic (exact) mass is 343 g/mol. The molecule has 2 aliphatic rings. The van der Waals surface area contributed by atoms with E-state index in [0.29, 0.717) is 17.2 Å². The lowest BCUT2D eigenvalue weighted by Crippen LogP contribution is -2.36. The third kappa shape index (κ3) is 4.05. The van der Waals surface area contributed by atoms with E-state index in [0.717, 1.165) is 0 Å². The van der Waals surface area contributed by atoms with E-state index in [1.54, 1.807) is 7.05 Å². The van der Waals surface area contributed by atoms with Crippen molar-refractivity contribution in [1.29, 1.82) is 0 Å². The molecule has 0 aromatic carbocycles. The molecule has 2 aliphatic heterocycles. The standard InChI is InChI=1S/C10H17NO4S4/c1-11(8-2-4-18(12,13)6-8)10(16)17-9-3-5-19(14,15)7-9/h8-9H,2-7H2,1H3/t8-,9-/m0/s1. The molecule has 0 spiro atoms. The highest BCUT2D eigenvalue weighted by molar-refractivity contribution is 8.23. The summed E-state index contributed by atoms with van der Waals surface area (Å²) >= 11 is 6.69. The molecule has 2 heterocycles. The van der Waals surface area contributed by atoms with Crippen LogP contribution in [0.2, 0.25) is 0 Å². The molecule has 0 aromatic heterocycles. The molecule has 0 aromatic rings. The Morgan fingerprint density at radius 2 is 1.68 bits per heavy atom. The maximum absolute atomic E-state index is 11.4. The van der Waals surface area contributed by atoms with Crippen molar-refractivity contribution in [2.75, 3.05) is 30.1 Å². The van der Waals surface area contributed by atoms with Gasteiger partial charge in [-0.15, -0.1) is 0 Å². The van der Waals surface area contributed by atoms with Gasteiger partial charge >= 0.3 is 0 Å². The molecule has 110 valence electrons. The average molecular weight is 344 g/mol. The fourth-order valence-electron chi connectivity index (χ4n) is 2.31. The lowest BCUT2D eigenvalue weighted by Gasteiger charge is -2.26. The van der Waals surface area contributed by atoms with E-state index in [9.17, 15) is 16.8 Å². The highest BCUT2D eigenvalue weighted by Crippen LogP contribution is 2.28. The second-order valence-electron chi connectivity index (χ2n) is 5.08. The number of rotatable bonds is 2. The van der Waals surface area contributed by atoms with Gasteiger partial charge in [0.25, 0.3) is 0 Å². The summed E-state index contributed by atoms with van der Waals surface area (Å²) in [6.07, 6.45) is 1.23. The van der Waals surface area contributed by atoms with Gasteiger partial charge in [-0.25, -0.2) is 16.8 Å². The van der Waals surface area contributed by atoms with Crippen LogP contribution in [0, 0.1) is 0 Å². The van der Waals surface area contributed by atoms with Crippen molar-refractivity contribution in [1.82, 2.24) is 4.90 Å². The predicted molar refractivity (Wildman–Crippen MR) is 82.1 cm³/mol. The van der Waals surface area contributed by atoms with Gasteiger partial charge in [-0.05, 0) is 12.8 Å². The van der Waals surface area contributed by atoms with Crippen LogP contribution in [-0.4, -0.2) is 67.4 Å². The van der Waals surface area contributed by atoms with Crippen molar-refractivity contribution < 1.29 is 16.8 Å². The molecule has 0 amide bonds. The maximum Gasteiger partial charge on any atom is 0.152 e. The first-order chi connectivity index (χ1) is 8.69. The summed E-state index contributed by atoms with van der Waals surface area (Å²) in [7, 11) is -4.03. The van der Waals surface area contributed by atoms with Crippen molar-refractivity contribution in [3.05, 3.63) is 0 Å². The smallest absolute Gasteiger partial charge is 0.152 e. The molecule has 9 heteroatoms. The first-order valence-electron chi connectivity index (χ1n) is 6.03. The van der Waals surface area contributed by atoms with Gasteiger partial charge in [0, 0.05) is 18.3 Å². The van der Waals surface area contributed by atoms with Gasteiger partial charge in [-0.3, -0.25) is 0 Å². The molecule has 2 rings (SSSR count). The highest BCUT2D eigenvalue weighted by atomic mass is 32.2. The summed E-state index contributed by atoms with van der Waals surface area (Å²) in [6, 6.07) is -0.0667. The van der Waals surface area contributed by atoms with Crippen LogP contribution < -0.4 is 0 Å². The Labute approximate surface area is 124 Å². The Morgan fingerprint density at radius 3 is 2.16 bits per heavy atom. The third-order valence-corrected chi connectivity index (χ3v) is 9.03. The van der Waals surface area contributed by atoms with Crippen LogP contribution >= 0.6 is 24.0 Å². The molecule has 0 saturated carbocycles. The van der Waals surface area contributed by atoms with Crippen LogP contribution in [0.25, 0.3) is 0 Å². The summed E-state index contributed by atoms with van der Waals surface area (Å²) in [5.41, 5.74) is 0. The number of sulfone groups is 2. The maximum atomic E-state index is 11.4. The number of hydrogen-bond acceptors (Lipinski definition) is 6. The fourth-order valence-corrected chi connectivity index (χ4v) is 8.06. The van der Waals surface area contributed by atoms with E-state index in [2.05, 4.69) is 0 Å². The molecule has 2 atom stereocenters. The Morgan fingerprint density at radius 1 is 1.11 bits per heavy atom. The summed E-state index contributed by atoms with van der Waals surface area (Å²) < 4.78 is 46.3. The van der Waals surface area contributed by atoms with E-state index in [4.69, 9.17) is 12.2 Å². The molecule has 2 saturated heterocycles. The summed E-state index contributed by atoms with van der Waals surface area (Å²) in [5.74, 6) is 0.768. The van der Waals surface area contributed by atoms with Gasteiger partial charge in [-0.2, -0.15) is 0 Å².